The maximum atomic E-state index is 10.5. The van der Waals surface area contributed by atoms with Gasteiger partial charge < -0.3 is 43.0 Å². The maximum Gasteiger partial charge on any atom is 0.126 e. The van der Waals surface area contributed by atoms with Crippen LogP contribution >= 0.6 is 0 Å². The van der Waals surface area contributed by atoms with Gasteiger partial charge in [0.15, 0.2) is 0 Å². The average molecular weight is 437 g/mol. The molecule has 1 aliphatic heterocycles. The summed E-state index contributed by atoms with van der Waals surface area (Å²) in [6, 6.07) is 0. The molecule has 1 unspecified atom stereocenters. The smallest absolute Gasteiger partial charge is 0.126 e. The Morgan fingerprint density at radius 1 is 1.09 bits per heavy atom. The van der Waals surface area contributed by atoms with E-state index in [0.717, 1.165) is 55.1 Å². The third kappa shape index (κ3) is 4.05. The first-order valence-electron chi connectivity index (χ1n) is 9.28. The van der Waals surface area contributed by atoms with Gasteiger partial charge in [0.2, 0.25) is 0 Å². The third-order valence-electron chi connectivity index (χ3n) is 6.77. The van der Waals surface area contributed by atoms with E-state index in [2.05, 4.69) is 7.05 Å². The van der Waals surface area contributed by atoms with Crippen LogP contribution in [-0.4, -0.2) is 67.8 Å². The molecule has 0 amide bonds. The quantitative estimate of drug-likeness (QED) is 0.435. The normalized spacial score (nSPS) is 42.3. The number of aliphatic hydroxyl groups is 1. The van der Waals surface area contributed by atoms with E-state index in [0.29, 0.717) is 6.61 Å². The van der Waals surface area contributed by atoms with Gasteiger partial charge in [-0.05, 0) is 56.3 Å². The number of rotatable bonds is 5. The predicted molar refractivity (Wildman–Crippen MR) is 84.5 cm³/mol. The van der Waals surface area contributed by atoms with Crippen molar-refractivity contribution in [3.8, 4) is 0 Å². The Morgan fingerprint density at radius 3 is 2.13 bits per heavy atom. The summed E-state index contributed by atoms with van der Waals surface area (Å²) in [7, 11) is 2.23. The van der Waals surface area contributed by atoms with E-state index >= 15 is 0 Å². The molecule has 4 nitrogen and oxygen atoms in total. The SMILES string of the molecule is C[N+]1(CC(O)COC23CC4CC(CC(C4)C2)C3)CCOCC1.[I-]. The lowest BCUT2D eigenvalue weighted by atomic mass is 9.54. The second-order valence-electron chi connectivity index (χ2n) is 8.93. The Hall–Kier alpha value is 0.570. The number of hydrogen-bond acceptors (Lipinski definition) is 3. The van der Waals surface area contributed by atoms with E-state index in [9.17, 15) is 5.11 Å². The van der Waals surface area contributed by atoms with Gasteiger partial charge in [-0.15, -0.1) is 0 Å². The molecule has 0 spiro atoms. The zero-order chi connectivity index (χ0) is 15.2. The van der Waals surface area contributed by atoms with Gasteiger partial charge in [0.1, 0.15) is 25.7 Å². The first-order valence-corrected chi connectivity index (χ1v) is 9.28. The minimum Gasteiger partial charge on any atom is -1.00 e. The molecule has 5 aliphatic rings. The van der Waals surface area contributed by atoms with E-state index in [4.69, 9.17) is 9.47 Å². The second kappa shape index (κ2) is 7.06. The van der Waals surface area contributed by atoms with Crippen LogP contribution in [0.2, 0.25) is 0 Å². The molecule has 0 aromatic heterocycles. The fraction of sp³-hybridized carbons (Fsp3) is 1.00. The topological polar surface area (TPSA) is 38.7 Å². The van der Waals surface area contributed by atoms with Crippen molar-refractivity contribution >= 4 is 0 Å². The molecule has 0 radical (unpaired) electrons. The molecule has 23 heavy (non-hydrogen) atoms. The molecule has 1 saturated heterocycles. The lowest BCUT2D eigenvalue weighted by molar-refractivity contribution is -0.919. The standard InChI is InChI=1S/C18H32NO3.HI/c1-19(2-4-21-5-3-19)12-17(20)13-22-18-9-14-6-15(10-18)8-16(7-14)11-18;/h14-17,20H,2-13H2,1H3;1H/q+1;/p-1. The number of hydrogen-bond donors (Lipinski definition) is 1. The van der Waals surface area contributed by atoms with Gasteiger partial charge in [0.05, 0.1) is 32.5 Å². The molecule has 1 atom stereocenters. The zero-order valence-electron chi connectivity index (χ0n) is 14.4. The van der Waals surface area contributed by atoms with E-state index < -0.39 is 0 Å². The Bertz CT molecular complexity index is 376. The first kappa shape index (κ1) is 18.4. The van der Waals surface area contributed by atoms with Gasteiger partial charge in [-0.25, -0.2) is 0 Å². The lowest BCUT2D eigenvalue weighted by Crippen LogP contribution is -3.00. The van der Waals surface area contributed by atoms with Gasteiger partial charge >= 0.3 is 0 Å². The molecule has 4 aliphatic carbocycles. The zero-order valence-corrected chi connectivity index (χ0v) is 16.5. The molecular formula is C18H32INO3. The van der Waals surface area contributed by atoms with Gasteiger partial charge in [-0.1, -0.05) is 0 Å². The number of nitrogens with zero attached hydrogens (tertiary/aromatic N) is 1. The van der Waals surface area contributed by atoms with Crippen LogP contribution in [0.3, 0.4) is 0 Å². The Kier molecular flexibility index (Phi) is 5.64. The van der Waals surface area contributed by atoms with Crippen molar-refractivity contribution in [2.75, 3.05) is 46.5 Å². The monoisotopic (exact) mass is 437 g/mol. The van der Waals surface area contributed by atoms with Crippen molar-refractivity contribution in [1.82, 2.24) is 0 Å². The van der Waals surface area contributed by atoms with Crippen LogP contribution in [0, 0.1) is 17.8 Å². The van der Waals surface area contributed by atoms with Crippen LogP contribution in [0.25, 0.3) is 0 Å². The van der Waals surface area contributed by atoms with Crippen molar-refractivity contribution in [2.24, 2.45) is 17.8 Å². The molecule has 4 bridgehead atoms. The molecule has 1 heterocycles. The molecule has 5 heteroatoms. The number of halogens is 1. The van der Waals surface area contributed by atoms with Crippen molar-refractivity contribution in [3.05, 3.63) is 0 Å². The molecule has 134 valence electrons. The number of morpholine rings is 1. The number of likely N-dealkylation sites (N-methyl/N-ethyl adjacent to an activating group) is 1. The molecule has 0 aromatic carbocycles. The van der Waals surface area contributed by atoms with Crippen LogP contribution in [0.5, 0.6) is 0 Å². The highest BCUT2D eigenvalue weighted by Crippen LogP contribution is 2.57. The van der Waals surface area contributed by atoms with E-state index in [1.807, 2.05) is 0 Å². The highest BCUT2D eigenvalue weighted by atomic mass is 127. The summed E-state index contributed by atoms with van der Waals surface area (Å²) in [5.41, 5.74) is 0.124. The molecule has 1 N–H and O–H groups in total. The van der Waals surface area contributed by atoms with Crippen LogP contribution in [-0.2, 0) is 9.47 Å². The van der Waals surface area contributed by atoms with Crippen LogP contribution < -0.4 is 24.0 Å². The van der Waals surface area contributed by atoms with Gasteiger partial charge in [0.25, 0.3) is 0 Å². The van der Waals surface area contributed by atoms with E-state index in [1.54, 1.807) is 0 Å². The second-order valence-corrected chi connectivity index (χ2v) is 8.93. The van der Waals surface area contributed by atoms with Crippen molar-refractivity contribution in [3.63, 3.8) is 0 Å². The van der Waals surface area contributed by atoms with Crippen molar-refractivity contribution in [2.45, 2.75) is 50.2 Å². The Labute approximate surface area is 157 Å². The summed E-state index contributed by atoms with van der Waals surface area (Å²) in [6.45, 7) is 4.98. The molecule has 5 fully saturated rings. The van der Waals surface area contributed by atoms with Gasteiger partial charge in [0, 0.05) is 0 Å². The highest BCUT2D eigenvalue weighted by molar-refractivity contribution is 5.03. The minimum atomic E-state index is -0.337. The summed E-state index contributed by atoms with van der Waals surface area (Å²) in [5.74, 6) is 2.73. The summed E-state index contributed by atoms with van der Waals surface area (Å²) in [6.07, 6.45) is 7.76. The number of ether oxygens (including phenoxy) is 2. The largest absolute Gasteiger partial charge is 1.00 e. The first-order chi connectivity index (χ1) is 10.5. The summed E-state index contributed by atoms with van der Waals surface area (Å²) in [4.78, 5) is 0. The van der Waals surface area contributed by atoms with Crippen molar-refractivity contribution < 1.29 is 43.0 Å². The van der Waals surface area contributed by atoms with Crippen LogP contribution in [0.1, 0.15) is 38.5 Å². The lowest BCUT2D eigenvalue weighted by Gasteiger charge is -2.56. The van der Waals surface area contributed by atoms with Gasteiger partial charge in [-0.2, -0.15) is 0 Å². The fourth-order valence-electron chi connectivity index (χ4n) is 6.01. The Balaban J connectivity index is 0.00000156. The maximum absolute atomic E-state index is 10.5. The number of aliphatic hydroxyl groups excluding tert-OH is 1. The molecule has 5 rings (SSSR count). The summed E-state index contributed by atoms with van der Waals surface area (Å²) in [5, 5.41) is 10.5. The predicted octanol–water partition coefficient (Wildman–Crippen LogP) is -1.19. The van der Waals surface area contributed by atoms with E-state index in [1.165, 1.54) is 38.5 Å². The third-order valence-corrected chi connectivity index (χ3v) is 6.77. The molecule has 0 aromatic rings. The fourth-order valence-corrected chi connectivity index (χ4v) is 6.01. The van der Waals surface area contributed by atoms with Crippen molar-refractivity contribution in [1.29, 1.82) is 0 Å². The van der Waals surface area contributed by atoms with E-state index in [-0.39, 0.29) is 35.7 Å². The minimum absolute atomic E-state index is 0. The van der Waals surface area contributed by atoms with Gasteiger partial charge in [-0.3, -0.25) is 0 Å². The summed E-state index contributed by atoms with van der Waals surface area (Å²) < 4.78 is 12.8. The highest BCUT2D eigenvalue weighted by Gasteiger charge is 2.51. The average Bonchev–Trinajstić information content (AvgIpc) is 2.44. The molecular weight excluding hydrogens is 405 g/mol. The summed E-state index contributed by atoms with van der Waals surface area (Å²) >= 11 is 0. The van der Waals surface area contributed by atoms with Crippen LogP contribution in [0.15, 0.2) is 0 Å². The Morgan fingerprint density at radius 2 is 1.61 bits per heavy atom. The number of quaternary nitrogens is 1. The molecule has 4 saturated carbocycles. The van der Waals surface area contributed by atoms with Crippen LogP contribution in [0.4, 0.5) is 0 Å².